The van der Waals surface area contributed by atoms with Crippen molar-refractivity contribution in [2.45, 2.75) is 12.3 Å². The summed E-state index contributed by atoms with van der Waals surface area (Å²) in [4.78, 5) is 10.6. The molecule has 1 amide bonds. The van der Waals surface area contributed by atoms with Crippen molar-refractivity contribution in [2.24, 2.45) is 5.73 Å². The SMILES string of the molecule is NC(=O)c1ccc(C(O)C(F)(F)F)cc1. The molecule has 15 heavy (non-hydrogen) atoms. The molecule has 0 fully saturated rings. The average Bonchev–Trinajstić information content (AvgIpc) is 2.15. The topological polar surface area (TPSA) is 63.3 Å². The van der Waals surface area contributed by atoms with Crippen molar-refractivity contribution in [3.63, 3.8) is 0 Å². The van der Waals surface area contributed by atoms with Gasteiger partial charge in [-0.25, -0.2) is 0 Å². The monoisotopic (exact) mass is 219 g/mol. The van der Waals surface area contributed by atoms with Gasteiger partial charge < -0.3 is 10.8 Å². The highest BCUT2D eigenvalue weighted by molar-refractivity contribution is 5.92. The average molecular weight is 219 g/mol. The van der Waals surface area contributed by atoms with Crippen LogP contribution in [0.1, 0.15) is 22.0 Å². The number of benzene rings is 1. The second kappa shape index (κ2) is 3.90. The van der Waals surface area contributed by atoms with Crippen LogP contribution in [0.4, 0.5) is 13.2 Å². The fourth-order valence-electron chi connectivity index (χ4n) is 1.02. The summed E-state index contributed by atoms with van der Waals surface area (Å²) in [5.41, 5.74) is 4.67. The van der Waals surface area contributed by atoms with Crippen LogP contribution >= 0.6 is 0 Å². The molecule has 0 bridgehead atoms. The van der Waals surface area contributed by atoms with Crippen LogP contribution < -0.4 is 5.73 Å². The van der Waals surface area contributed by atoms with Crippen LogP contribution in [0, 0.1) is 0 Å². The summed E-state index contributed by atoms with van der Waals surface area (Å²) in [5, 5.41) is 8.85. The van der Waals surface area contributed by atoms with Crippen molar-refractivity contribution >= 4 is 5.91 Å². The van der Waals surface area contributed by atoms with Crippen molar-refractivity contribution in [3.05, 3.63) is 35.4 Å². The fraction of sp³-hybridized carbons (Fsp3) is 0.222. The molecule has 0 saturated heterocycles. The molecule has 0 aliphatic heterocycles. The molecule has 0 aliphatic rings. The van der Waals surface area contributed by atoms with Crippen LogP contribution in [-0.4, -0.2) is 17.2 Å². The third kappa shape index (κ3) is 2.69. The van der Waals surface area contributed by atoms with Gasteiger partial charge in [0, 0.05) is 5.56 Å². The van der Waals surface area contributed by atoms with E-state index in [-0.39, 0.29) is 11.1 Å². The van der Waals surface area contributed by atoms with Gasteiger partial charge >= 0.3 is 6.18 Å². The first-order chi connectivity index (χ1) is 6.82. The molecular formula is C9H8F3NO2. The maximum absolute atomic E-state index is 12.1. The third-order valence-corrected chi connectivity index (χ3v) is 1.82. The van der Waals surface area contributed by atoms with E-state index in [0.29, 0.717) is 0 Å². The Morgan fingerprint density at radius 2 is 1.73 bits per heavy atom. The molecular weight excluding hydrogens is 211 g/mol. The Balaban J connectivity index is 2.94. The van der Waals surface area contributed by atoms with Crippen molar-refractivity contribution < 1.29 is 23.1 Å². The number of primary amides is 1. The van der Waals surface area contributed by atoms with Crippen LogP contribution in [0.2, 0.25) is 0 Å². The number of aliphatic hydroxyl groups is 1. The van der Waals surface area contributed by atoms with Crippen LogP contribution in [0.3, 0.4) is 0 Å². The molecule has 1 atom stereocenters. The predicted molar refractivity (Wildman–Crippen MR) is 46.0 cm³/mol. The summed E-state index contributed by atoms with van der Waals surface area (Å²) >= 11 is 0. The van der Waals surface area contributed by atoms with E-state index >= 15 is 0 Å². The fourth-order valence-corrected chi connectivity index (χ4v) is 1.02. The first-order valence-corrected chi connectivity index (χ1v) is 3.97. The molecule has 6 heteroatoms. The standard InChI is InChI=1S/C9H8F3NO2/c10-9(11,12)7(14)5-1-3-6(4-2-5)8(13)15/h1-4,7,14H,(H2,13,15). The zero-order valence-corrected chi connectivity index (χ0v) is 7.45. The lowest BCUT2D eigenvalue weighted by Gasteiger charge is -2.14. The van der Waals surface area contributed by atoms with Gasteiger partial charge in [0.05, 0.1) is 0 Å². The van der Waals surface area contributed by atoms with Gasteiger partial charge in [0.1, 0.15) is 0 Å². The Hall–Kier alpha value is -1.56. The van der Waals surface area contributed by atoms with Gasteiger partial charge in [-0.05, 0) is 17.7 Å². The number of amides is 1. The van der Waals surface area contributed by atoms with E-state index in [9.17, 15) is 18.0 Å². The van der Waals surface area contributed by atoms with E-state index < -0.39 is 18.2 Å². The Labute approximate surface area is 83.3 Å². The van der Waals surface area contributed by atoms with Gasteiger partial charge in [0.2, 0.25) is 5.91 Å². The van der Waals surface area contributed by atoms with Gasteiger partial charge in [0.25, 0.3) is 0 Å². The molecule has 1 aromatic carbocycles. The zero-order chi connectivity index (χ0) is 11.6. The first kappa shape index (κ1) is 11.5. The second-order valence-electron chi connectivity index (χ2n) is 2.93. The minimum Gasteiger partial charge on any atom is -0.379 e. The summed E-state index contributed by atoms with van der Waals surface area (Å²) in [6.07, 6.45) is -7.26. The zero-order valence-electron chi connectivity index (χ0n) is 7.45. The molecule has 0 heterocycles. The maximum atomic E-state index is 12.1. The third-order valence-electron chi connectivity index (χ3n) is 1.82. The highest BCUT2D eigenvalue weighted by Gasteiger charge is 2.39. The number of carbonyl (C=O) groups excluding carboxylic acids is 1. The number of aliphatic hydroxyl groups excluding tert-OH is 1. The maximum Gasteiger partial charge on any atom is 0.418 e. The van der Waals surface area contributed by atoms with Gasteiger partial charge in [-0.3, -0.25) is 4.79 Å². The summed E-state index contributed by atoms with van der Waals surface area (Å²) in [6.45, 7) is 0. The van der Waals surface area contributed by atoms with Gasteiger partial charge in [0.15, 0.2) is 6.10 Å². The van der Waals surface area contributed by atoms with Gasteiger partial charge in [-0.2, -0.15) is 13.2 Å². The number of alkyl halides is 3. The summed E-state index contributed by atoms with van der Waals surface area (Å²) in [6, 6.07) is 4.29. The normalized spacial score (nSPS) is 13.6. The number of halogens is 3. The molecule has 0 saturated carbocycles. The van der Waals surface area contributed by atoms with Crippen LogP contribution in [0.5, 0.6) is 0 Å². The molecule has 0 aliphatic carbocycles. The van der Waals surface area contributed by atoms with Crippen LogP contribution in [0.25, 0.3) is 0 Å². The Bertz CT molecular complexity index is 359. The van der Waals surface area contributed by atoms with E-state index in [2.05, 4.69) is 0 Å². The van der Waals surface area contributed by atoms with E-state index in [1.165, 1.54) is 0 Å². The lowest BCUT2D eigenvalue weighted by atomic mass is 10.1. The lowest BCUT2D eigenvalue weighted by Crippen LogP contribution is -2.20. The minimum atomic E-state index is -4.71. The number of hydrogen-bond acceptors (Lipinski definition) is 2. The molecule has 0 aromatic heterocycles. The molecule has 3 N–H and O–H groups in total. The molecule has 0 spiro atoms. The van der Waals surface area contributed by atoms with Crippen molar-refractivity contribution in [1.82, 2.24) is 0 Å². The molecule has 1 aromatic rings. The smallest absolute Gasteiger partial charge is 0.379 e. The Morgan fingerprint density at radius 3 is 2.07 bits per heavy atom. The molecule has 82 valence electrons. The van der Waals surface area contributed by atoms with Gasteiger partial charge in [-0.15, -0.1) is 0 Å². The highest BCUT2D eigenvalue weighted by Crippen LogP contribution is 2.32. The minimum absolute atomic E-state index is 0.0909. The van der Waals surface area contributed by atoms with Gasteiger partial charge in [-0.1, -0.05) is 12.1 Å². The van der Waals surface area contributed by atoms with E-state index in [0.717, 1.165) is 24.3 Å². The highest BCUT2D eigenvalue weighted by atomic mass is 19.4. The Kier molecular flexibility index (Phi) is 2.99. The van der Waals surface area contributed by atoms with E-state index in [1.807, 2.05) is 0 Å². The second-order valence-corrected chi connectivity index (χ2v) is 2.93. The molecule has 1 unspecified atom stereocenters. The largest absolute Gasteiger partial charge is 0.418 e. The number of hydrogen-bond donors (Lipinski definition) is 2. The van der Waals surface area contributed by atoms with Crippen LogP contribution in [-0.2, 0) is 0 Å². The molecule has 0 radical (unpaired) electrons. The Morgan fingerprint density at radius 1 is 1.27 bits per heavy atom. The summed E-state index contributed by atoms with van der Waals surface area (Å²) in [5.74, 6) is -0.733. The number of carbonyl (C=O) groups is 1. The quantitative estimate of drug-likeness (QED) is 0.789. The lowest BCUT2D eigenvalue weighted by molar-refractivity contribution is -0.206. The first-order valence-electron chi connectivity index (χ1n) is 3.97. The van der Waals surface area contributed by atoms with E-state index in [1.54, 1.807) is 0 Å². The van der Waals surface area contributed by atoms with Crippen LogP contribution in [0.15, 0.2) is 24.3 Å². The summed E-state index contributed by atoms with van der Waals surface area (Å²) in [7, 11) is 0. The predicted octanol–water partition coefficient (Wildman–Crippen LogP) is 1.38. The molecule has 3 nitrogen and oxygen atoms in total. The van der Waals surface area contributed by atoms with E-state index in [4.69, 9.17) is 10.8 Å². The van der Waals surface area contributed by atoms with Crippen molar-refractivity contribution in [3.8, 4) is 0 Å². The number of rotatable bonds is 2. The van der Waals surface area contributed by atoms with Crippen molar-refractivity contribution in [2.75, 3.05) is 0 Å². The molecule has 1 rings (SSSR count). The number of nitrogens with two attached hydrogens (primary N) is 1. The summed E-state index contributed by atoms with van der Waals surface area (Å²) < 4.78 is 36.2. The van der Waals surface area contributed by atoms with Crippen molar-refractivity contribution in [1.29, 1.82) is 0 Å².